The number of aromatic nitrogens is 3. The van der Waals surface area contributed by atoms with E-state index in [1.54, 1.807) is 19.9 Å². The van der Waals surface area contributed by atoms with Crippen LogP contribution >= 0.6 is 22.9 Å². The quantitative estimate of drug-likeness (QED) is 0.663. The smallest absolute Gasteiger partial charge is 0.342 e. The Kier molecular flexibility index (Phi) is 5.40. The molecule has 1 N–H and O–H groups in total. The first-order chi connectivity index (χ1) is 10.5. The van der Waals surface area contributed by atoms with Crippen molar-refractivity contribution in [2.24, 2.45) is 0 Å². The van der Waals surface area contributed by atoms with Crippen LogP contribution in [0.4, 0.5) is 5.13 Å². The van der Waals surface area contributed by atoms with Crippen LogP contribution in [0.5, 0.6) is 0 Å². The Bertz CT molecular complexity index is 691. The lowest BCUT2D eigenvalue weighted by Crippen LogP contribution is -2.32. The van der Waals surface area contributed by atoms with E-state index in [0.717, 1.165) is 5.01 Å². The number of aryl methyl sites for hydroxylation is 1. The van der Waals surface area contributed by atoms with Gasteiger partial charge in [-0.15, -0.1) is 10.2 Å². The van der Waals surface area contributed by atoms with Gasteiger partial charge in [-0.3, -0.25) is 10.1 Å². The van der Waals surface area contributed by atoms with E-state index in [-0.39, 0.29) is 10.7 Å². The summed E-state index contributed by atoms with van der Waals surface area (Å²) in [5.74, 6) is -1.17. The second kappa shape index (κ2) is 7.28. The highest BCUT2D eigenvalue weighted by Crippen LogP contribution is 2.17. The predicted molar refractivity (Wildman–Crippen MR) is 82.0 cm³/mol. The maximum Gasteiger partial charge on any atom is 0.342 e. The molecule has 2 aromatic heterocycles. The van der Waals surface area contributed by atoms with E-state index in [9.17, 15) is 9.59 Å². The Hall–Kier alpha value is -2.06. The SMILES string of the molecule is CCC(OC(=O)c1cccnc1Cl)C(=O)Nc1nnc(C)s1. The van der Waals surface area contributed by atoms with Crippen LogP contribution in [0.1, 0.15) is 28.7 Å². The number of nitrogens with one attached hydrogen (secondary N) is 1. The molecule has 0 bridgehead atoms. The number of pyridine rings is 1. The summed E-state index contributed by atoms with van der Waals surface area (Å²) in [6, 6.07) is 3.05. The first kappa shape index (κ1) is 16.3. The Labute approximate surface area is 135 Å². The zero-order valence-electron chi connectivity index (χ0n) is 11.9. The molecule has 0 aliphatic rings. The monoisotopic (exact) mass is 340 g/mol. The zero-order chi connectivity index (χ0) is 16.1. The van der Waals surface area contributed by atoms with Crippen LogP contribution in [-0.4, -0.2) is 33.2 Å². The molecule has 1 unspecified atom stereocenters. The van der Waals surface area contributed by atoms with Crippen molar-refractivity contribution >= 4 is 39.9 Å². The van der Waals surface area contributed by atoms with Crippen molar-refractivity contribution in [3.8, 4) is 0 Å². The topological polar surface area (TPSA) is 94.1 Å². The van der Waals surface area contributed by atoms with Crippen molar-refractivity contribution in [2.75, 3.05) is 5.32 Å². The molecular formula is C13H13ClN4O3S. The van der Waals surface area contributed by atoms with E-state index < -0.39 is 18.0 Å². The van der Waals surface area contributed by atoms with Crippen LogP contribution in [0.3, 0.4) is 0 Å². The van der Waals surface area contributed by atoms with Gasteiger partial charge in [-0.25, -0.2) is 9.78 Å². The van der Waals surface area contributed by atoms with Gasteiger partial charge in [0.1, 0.15) is 10.2 Å². The fourth-order valence-electron chi connectivity index (χ4n) is 1.59. The summed E-state index contributed by atoms with van der Waals surface area (Å²) >= 11 is 7.06. The van der Waals surface area contributed by atoms with Crippen molar-refractivity contribution in [1.82, 2.24) is 15.2 Å². The maximum atomic E-state index is 12.1. The molecule has 0 aromatic carbocycles. The van der Waals surface area contributed by atoms with Gasteiger partial charge in [0.25, 0.3) is 5.91 Å². The number of carbonyl (C=O) groups excluding carboxylic acids is 2. The van der Waals surface area contributed by atoms with Crippen LogP contribution in [-0.2, 0) is 9.53 Å². The Balaban J connectivity index is 2.04. The van der Waals surface area contributed by atoms with Gasteiger partial charge in [0.2, 0.25) is 5.13 Å². The molecule has 0 saturated carbocycles. The second-order valence-electron chi connectivity index (χ2n) is 4.26. The molecule has 1 amide bonds. The summed E-state index contributed by atoms with van der Waals surface area (Å²) in [7, 11) is 0. The number of ether oxygens (including phenoxy) is 1. The molecule has 9 heteroatoms. The van der Waals surface area contributed by atoms with Gasteiger partial charge < -0.3 is 4.74 Å². The molecule has 0 fully saturated rings. The van der Waals surface area contributed by atoms with Crippen LogP contribution in [0.25, 0.3) is 0 Å². The lowest BCUT2D eigenvalue weighted by atomic mass is 10.2. The largest absolute Gasteiger partial charge is 0.449 e. The molecule has 116 valence electrons. The van der Waals surface area contributed by atoms with E-state index in [0.29, 0.717) is 11.6 Å². The molecule has 7 nitrogen and oxygen atoms in total. The van der Waals surface area contributed by atoms with E-state index in [2.05, 4.69) is 20.5 Å². The normalized spacial score (nSPS) is 11.8. The predicted octanol–water partition coefficient (Wildman–Crippen LogP) is 2.47. The minimum atomic E-state index is -0.951. The number of carbonyl (C=O) groups is 2. The molecule has 0 aliphatic carbocycles. The molecule has 0 spiro atoms. The molecular weight excluding hydrogens is 328 g/mol. The van der Waals surface area contributed by atoms with E-state index in [1.807, 2.05) is 0 Å². The number of rotatable bonds is 5. The molecule has 0 radical (unpaired) electrons. The van der Waals surface area contributed by atoms with Gasteiger partial charge in [-0.05, 0) is 25.5 Å². The summed E-state index contributed by atoms with van der Waals surface area (Å²) in [5.41, 5.74) is 0.113. The average molecular weight is 341 g/mol. The number of esters is 1. The summed E-state index contributed by atoms with van der Waals surface area (Å²) < 4.78 is 5.19. The molecule has 0 aliphatic heterocycles. The van der Waals surface area contributed by atoms with E-state index in [1.165, 1.54) is 23.6 Å². The number of hydrogen-bond donors (Lipinski definition) is 1. The highest BCUT2D eigenvalue weighted by atomic mass is 35.5. The van der Waals surface area contributed by atoms with Gasteiger partial charge in [0.15, 0.2) is 6.10 Å². The van der Waals surface area contributed by atoms with Crippen molar-refractivity contribution < 1.29 is 14.3 Å². The highest BCUT2D eigenvalue weighted by molar-refractivity contribution is 7.15. The Morgan fingerprint density at radius 3 is 2.82 bits per heavy atom. The van der Waals surface area contributed by atoms with Crippen molar-refractivity contribution in [1.29, 1.82) is 0 Å². The van der Waals surface area contributed by atoms with Crippen LogP contribution < -0.4 is 5.32 Å². The van der Waals surface area contributed by atoms with Gasteiger partial charge in [0, 0.05) is 6.20 Å². The Morgan fingerprint density at radius 1 is 1.45 bits per heavy atom. The first-order valence-electron chi connectivity index (χ1n) is 6.43. The fourth-order valence-corrected chi connectivity index (χ4v) is 2.38. The standard InChI is InChI=1S/C13H13ClN4O3S/c1-3-9(11(19)16-13-18-17-7(2)22-13)21-12(20)8-5-4-6-15-10(8)14/h4-6,9H,3H2,1-2H3,(H,16,18,19). The number of halogens is 1. The van der Waals surface area contributed by atoms with E-state index in [4.69, 9.17) is 16.3 Å². The molecule has 2 rings (SSSR count). The second-order valence-corrected chi connectivity index (χ2v) is 5.80. The maximum absolute atomic E-state index is 12.1. The van der Waals surface area contributed by atoms with Crippen LogP contribution in [0.2, 0.25) is 5.15 Å². The minimum Gasteiger partial charge on any atom is -0.449 e. The van der Waals surface area contributed by atoms with Crippen molar-refractivity contribution in [3.63, 3.8) is 0 Å². The van der Waals surface area contributed by atoms with Gasteiger partial charge >= 0.3 is 5.97 Å². The average Bonchev–Trinajstić information content (AvgIpc) is 2.90. The summed E-state index contributed by atoms with van der Waals surface area (Å²) in [5, 5.41) is 11.3. The summed E-state index contributed by atoms with van der Waals surface area (Å²) in [6.07, 6.45) is 0.821. The van der Waals surface area contributed by atoms with Crippen molar-refractivity contribution in [2.45, 2.75) is 26.4 Å². The lowest BCUT2D eigenvalue weighted by Gasteiger charge is -2.15. The number of anilines is 1. The molecule has 22 heavy (non-hydrogen) atoms. The molecule has 2 heterocycles. The third-order valence-corrected chi connectivity index (χ3v) is 3.70. The van der Waals surface area contributed by atoms with Crippen molar-refractivity contribution in [3.05, 3.63) is 34.1 Å². The minimum absolute atomic E-state index is 0.0301. The summed E-state index contributed by atoms with van der Waals surface area (Å²) in [6.45, 7) is 3.50. The number of amides is 1. The number of hydrogen-bond acceptors (Lipinski definition) is 7. The van der Waals surface area contributed by atoms with E-state index >= 15 is 0 Å². The molecule has 1 atom stereocenters. The van der Waals surface area contributed by atoms with Crippen LogP contribution in [0, 0.1) is 6.92 Å². The fraction of sp³-hybridized carbons (Fsp3) is 0.308. The number of nitrogens with zero attached hydrogens (tertiary/aromatic N) is 3. The first-order valence-corrected chi connectivity index (χ1v) is 7.63. The van der Waals surface area contributed by atoms with Gasteiger partial charge in [-0.1, -0.05) is 29.9 Å². The van der Waals surface area contributed by atoms with Gasteiger partial charge in [-0.2, -0.15) is 0 Å². The van der Waals surface area contributed by atoms with Crippen LogP contribution in [0.15, 0.2) is 18.3 Å². The molecule has 2 aromatic rings. The Morgan fingerprint density at radius 2 is 2.23 bits per heavy atom. The summed E-state index contributed by atoms with van der Waals surface area (Å²) in [4.78, 5) is 27.9. The molecule has 0 saturated heterocycles. The highest BCUT2D eigenvalue weighted by Gasteiger charge is 2.24. The lowest BCUT2D eigenvalue weighted by molar-refractivity contribution is -0.124. The van der Waals surface area contributed by atoms with Gasteiger partial charge in [0.05, 0.1) is 5.56 Å². The third-order valence-electron chi connectivity index (χ3n) is 2.65. The zero-order valence-corrected chi connectivity index (χ0v) is 13.4. The third kappa shape index (κ3) is 3.99.